The Labute approximate surface area is 111 Å². The van der Waals surface area contributed by atoms with E-state index in [4.69, 9.17) is 5.73 Å². The number of nitrogens with two attached hydrogens (primary N) is 1. The largest absolute Gasteiger partial charge is 0.401 e. The van der Waals surface area contributed by atoms with Crippen molar-refractivity contribution in [1.29, 1.82) is 0 Å². The third-order valence-electron chi connectivity index (χ3n) is 3.37. The van der Waals surface area contributed by atoms with E-state index in [0.29, 0.717) is 0 Å². The van der Waals surface area contributed by atoms with E-state index >= 15 is 0 Å². The van der Waals surface area contributed by atoms with Crippen LogP contribution >= 0.6 is 0 Å². The van der Waals surface area contributed by atoms with Gasteiger partial charge in [-0.25, -0.2) is 0 Å². The molecule has 1 aliphatic rings. The minimum absolute atomic E-state index is 0.0119. The van der Waals surface area contributed by atoms with Crippen molar-refractivity contribution in [3.8, 4) is 0 Å². The van der Waals surface area contributed by atoms with Gasteiger partial charge in [0.1, 0.15) is 0 Å². The molecule has 19 heavy (non-hydrogen) atoms. The number of hydrogen-bond donors (Lipinski definition) is 1. The van der Waals surface area contributed by atoms with Crippen molar-refractivity contribution < 1.29 is 13.2 Å². The zero-order chi connectivity index (χ0) is 14.0. The summed E-state index contributed by atoms with van der Waals surface area (Å²) >= 11 is 0. The van der Waals surface area contributed by atoms with Gasteiger partial charge in [-0.15, -0.1) is 0 Å². The predicted molar refractivity (Wildman–Crippen MR) is 68.6 cm³/mol. The monoisotopic (exact) mass is 272 g/mol. The summed E-state index contributed by atoms with van der Waals surface area (Å²) in [4.78, 5) is 1.51. The quantitative estimate of drug-likeness (QED) is 0.892. The van der Waals surface area contributed by atoms with Crippen LogP contribution in [0.5, 0.6) is 0 Å². The molecule has 1 aliphatic carbocycles. The first-order valence-corrected chi connectivity index (χ1v) is 6.51. The minimum atomic E-state index is -4.19. The van der Waals surface area contributed by atoms with Crippen LogP contribution in [0, 0.1) is 0 Å². The van der Waals surface area contributed by atoms with Gasteiger partial charge in [0.15, 0.2) is 0 Å². The molecule has 106 valence electrons. The fraction of sp³-hybridized carbons (Fsp3) is 0.571. The molecule has 1 aromatic rings. The molecule has 1 fully saturated rings. The number of hydrogen-bond acceptors (Lipinski definition) is 2. The van der Waals surface area contributed by atoms with Crippen LogP contribution in [-0.4, -0.2) is 29.7 Å². The molecule has 2 N–H and O–H groups in total. The van der Waals surface area contributed by atoms with Crippen molar-refractivity contribution in [2.24, 2.45) is 5.73 Å². The maximum absolute atomic E-state index is 12.8. The number of halogens is 3. The molecule has 2 nitrogen and oxygen atoms in total. The highest BCUT2D eigenvalue weighted by Gasteiger charge is 2.42. The van der Waals surface area contributed by atoms with E-state index in [0.717, 1.165) is 18.4 Å². The van der Waals surface area contributed by atoms with Gasteiger partial charge in [-0.2, -0.15) is 13.2 Å². The first-order chi connectivity index (χ1) is 8.88. The second-order valence-electron chi connectivity index (χ2n) is 5.23. The Morgan fingerprint density at radius 3 is 2.26 bits per heavy atom. The molecule has 0 radical (unpaired) electrons. The molecule has 0 aromatic heterocycles. The highest BCUT2D eigenvalue weighted by atomic mass is 19.4. The van der Waals surface area contributed by atoms with E-state index in [-0.39, 0.29) is 18.1 Å². The van der Waals surface area contributed by atoms with Crippen LogP contribution in [0.15, 0.2) is 30.3 Å². The average Bonchev–Trinajstić information content (AvgIpc) is 3.11. The highest BCUT2D eigenvalue weighted by Crippen LogP contribution is 2.37. The Morgan fingerprint density at radius 1 is 1.26 bits per heavy atom. The van der Waals surface area contributed by atoms with Crippen LogP contribution < -0.4 is 5.73 Å². The van der Waals surface area contributed by atoms with Gasteiger partial charge in [0.25, 0.3) is 0 Å². The van der Waals surface area contributed by atoms with Gasteiger partial charge in [-0.05, 0) is 25.3 Å². The molecule has 2 rings (SSSR count). The smallest absolute Gasteiger partial charge is 0.326 e. The summed E-state index contributed by atoms with van der Waals surface area (Å²) in [5.74, 6) is 0. The molecule has 1 saturated carbocycles. The van der Waals surface area contributed by atoms with Crippen LogP contribution in [0.4, 0.5) is 13.2 Å². The number of nitrogens with zero attached hydrogens (tertiary/aromatic N) is 1. The molecule has 0 bridgehead atoms. The summed E-state index contributed by atoms with van der Waals surface area (Å²) in [6.07, 6.45) is -2.54. The van der Waals surface area contributed by atoms with Crippen molar-refractivity contribution >= 4 is 0 Å². The number of alkyl halides is 3. The second kappa shape index (κ2) is 5.51. The molecule has 0 amide bonds. The summed E-state index contributed by atoms with van der Waals surface area (Å²) in [5.41, 5.74) is 6.80. The first kappa shape index (κ1) is 14.3. The van der Waals surface area contributed by atoms with Crippen molar-refractivity contribution in [1.82, 2.24) is 4.90 Å². The summed E-state index contributed by atoms with van der Waals surface area (Å²) in [5, 5.41) is 0. The first-order valence-electron chi connectivity index (χ1n) is 6.51. The maximum atomic E-state index is 12.8. The van der Waals surface area contributed by atoms with Crippen LogP contribution in [0.3, 0.4) is 0 Å². The normalized spacial score (nSPS) is 19.5. The van der Waals surface area contributed by atoms with Crippen LogP contribution in [-0.2, 0) is 0 Å². The summed E-state index contributed by atoms with van der Waals surface area (Å²) in [7, 11) is 0. The van der Waals surface area contributed by atoms with E-state index in [2.05, 4.69) is 0 Å². The van der Waals surface area contributed by atoms with E-state index < -0.39 is 12.7 Å². The Hall–Kier alpha value is -1.07. The summed E-state index contributed by atoms with van der Waals surface area (Å²) < 4.78 is 38.3. The van der Waals surface area contributed by atoms with Crippen molar-refractivity contribution in [2.75, 3.05) is 6.54 Å². The lowest BCUT2D eigenvalue weighted by atomic mass is 9.99. The SMILES string of the molecule is CC(N)C(c1ccccc1)N(CC(F)(F)F)C1CC1. The molecular weight excluding hydrogens is 253 g/mol. The van der Waals surface area contributed by atoms with Gasteiger partial charge >= 0.3 is 6.18 Å². The Morgan fingerprint density at radius 2 is 1.84 bits per heavy atom. The topological polar surface area (TPSA) is 29.3 Å². The van der Waals surface area contributed by atoms with Gasteiger partial charge < -0.3 is 5.73 Å². The van der Waals surface area contributed by atoms with Gasteiger partial charge in [-0.1, -0.05) is 30.3 Å². The van der Waals surface area contributed by atoms with E-state index in [1.165, 1.54) is 4.90 Å². The van der Waals surface area contributed by atoms with Gasteiger partial charge in [0, 0.05) is 12.1 Å². The Balaban J connectivity index is 2.25. The Bertz CT molecular complexity index is 399. The van der Waals surface area contributed by atoms with Gasteiger partial charge in [0.2, 0.25) is 0 Å². The molecule has 0 spiro atoms. The zero-order valence-electron chi connectivity index (χ0n) is 10.9. The van der Waals surface area contributed by atoms with E-state index in [9.17, 15) is 13.2 Å². The van der Waals surface area contributed by atoms with E-state index in [1.54, 1.807) is 6.92 Å². The molecule has 2 atom stereocenters. The molecule has 0 saturated heterocycles. The van der Waals surface area contributed by atoms with Gasteiger partial charge in [-0.3, -0.25) is 4.90 Å². The van der Waals surface area contributed by atoms with Crippen molar-refractivity contribution in [3.05, 3.63) is 35.9 Å². The lowest BCUT2D eigenvalue weighted by Gasteiger charge is -2.35. The van der Waals surface area contributed by atoms with Gasteiger partial charge in [0.05, 0.1) is 12.6 Å². The third kappa shape index (κ3) is 3.94. The van der Waals surface area contributed by atoms with E-state index in [1.807, 2.05) is 30.3 Å². The number of rotatable bonds is 5. The maximum Gasteiger partial charge on any atom is 0.401 e. The molecule has 2 unspecified atom stereocenters. The molecule has 0 heterocycles. The fourth-order valence-electron chi connectivity index (χ4n) is 2.52. The molecule has 5 heteroatoms. The van der Waals surface area contributed by atoms with Crippen LogP contribution in [0.2, 0.25) is 0 Å². The summed E-state index contributed by atoms with van der Waals surface area (Å²) in [6, 6.07) is 8.51. The van der Waals surface area contributed by atoms with Crippen LogP contribution in [0.25, 0.3) is 0 Å². The second-order valence-corrected chi connectivity index (χ2v) is 5.23. The fourth-order valence-corrected chi connectivity index (χ4v) is 2.52. The lowest BCUT2D eigenvalue weighted by Crippen LogP contribution is -2.45. The van der Waals surface area contributed by atoms with Crippen molar-refractivity contribution in [3.63, 3.8) is 0 Å². The molecule has 0 aliphatic heterocycles. The van der Waals surface area contributed by atoms with Crippen molar-refractivity contribution in [2.45, 2.75) is 44.1 Å². The standard InChI is InChI=1S/C14H19F3N2/c1-10(18)13(11-5-3-2-4-6-11)19(12-7-8-12)9-14(15,16)17/h2-6,10,12-13H,7-9,18H2,1H3. The molecular formula is C14H19F3N2. The summed E-state index contributed by atoms with van der Waals surface area (Å²) in [6.45, 7) is 0.877. The third-order valence-corrected chi connectivity index (χ3v) is 3.37. The molecule has 1 aromatic carbocycles. The zero-order valence-corrected chi connectivity index (χ0v) is 10.9. The predicted octanol–water partition coefficient (Wildman–Crippen LogP) is 3.10. The average molecular weight is 272 g/mol. The lowest BCUT2D eigenvalue weighted by molar-refractivity contribution is -0.153. The number of benzene rings is 1. The Kier molecular flexibility index (Phi) is 4.16. The highest BCUT2D eigenvalue weighted by molar-refractivity contribution is 5.21. The minimum Gasteiger partial charge on any atom is -0.326 e. The van der Waals surface area contributed by atoms with Crippen LogP contribution in [0.1, 0.15) is 31.4 Å².